The molecule has 0 amide bonds. The van der Waals surface area contributed by atoms with E-state index in [2.05, 4.69) is 6.07 Å². The van der Waals surface area contributed by atoms with E-state index in [9.17, 15) is 14.9 Å². The highest BCUT2D eigenvalue weighted by Gasteiger charge is 2.30. The van der Waals surface area contributed by atoms with Gasteiger partial charge in [0, 0.05) is 16.5 Å². The number of nitriles is 1. The van der Waals surface area contributed by atoms with E-state index in [4.69, 9.17) is 23.9 Å². The van der Waals surface area contributed by atoms with Crippen LogP contribution in [0.4, 0.5) is 4.79 Å². The monoisotopic (exact) mass is 769 g/mol. The fourth-order valence-corrected chi connectivity index (χ4v) is 6.64. The summed E-state index contributed by atoms with van der Waals surface area (Å²) < 4.78 is 26.4. The molecule has 0 atom stereocenters. The van der Waals surface area contributed by atoms with Crippen LogP contribution >= 0.6 is 0 Å². The van der Waals surface area contributed by atoms with Crippen LogP contribution in [0.15, 0.2) is 140 Å². The predicted octanol–water partition coefficient (Wildman–Crippen LogP) is 11.1. The van der Waals surface area contributed by atoms with Crippen molar-refractivity contribution in [2.24, 2.45) is 0 Å². The second kappa shape index (κ2) is 17.3. The summed E-state index contributed by atoms with van der Waals surface area (Å²) in [4.78, 5) is 33.2. The van der Waals surface area contributed by atoms with Crippen LogP contribution in [0, 0.1) is 11.3 Å². The van der Waals surface area contributed by atoms with Gasteiger partial charge in [-0.15, -0.1) is 0 Å². The summed E-state index contributed by atoms with van der Waals surface area (Å²) in [7, 11) is 0. The largest absolute Gasteiger partial charge is 0.487 e. The van der Waals surface area contributed by atoms with Gasteiger partial charge in [0.2, 0.25) is 5.88 Å². The van der Waals surface area contributed by atoms with E-state index in [-0.39, 0.29) is 31.3 Å². The highest BCUT2D eigenvalue weighted by Crippen LogP contribution is 2.41. The minimum atomic E-state index is -0.744. The Morgan fingerprint density at radius 3 is 1.84 bits per heavy atom. The van der Waals surface area contributed by atoms with Crippen LogP contribution in [0.1, 0.15) is 65.9 Å². The molecule has 0 radical (unpaired) electrons. The summed E-state index contributed by atoms with van der Waals surface area (Å²) in [5.41, 5.74) is 6.43. The summed E-state index contributed by atoms with van der Waals surface area (Å²) in [6, 6.07) is 45.7. The smallest absolute Gasteiger partial charge is 0.419 e. The number of ether oxygens (including phenoxy) is 4. The Balaban J connectivity index is 1.40. The molecule has 2 heterocycles. The molecule has 58 heavy (non-hydrogen) atoms. The lowest BCUT2D eigenvalue weighted by molar-refractivity contribution is 0.0459. The van der Waals surface area contributed by atoms with E-state index in [1.807, 2.05) is 155 Å². The first-order valence-electron chi connectivity index (χ1n) is 19.1. The highest BCUT2D eigenvalue weighted by molar-refractivity contribution is 5.99. The molecule has 0 aliphatic rings. The topological polar surface area (TPSA) is 113 Å². The Labute approximate surface area is 338 Å². The first kappa shape index (κ1) is 39.1. The molecule has 0 aliphatic heterocycles. The Morgan fingerprint density at radius 1 is 0.707 bits per heavy atom. The average Bonchev–Trinajstić information content (AvgIpc) is 3.63. The van der Waals surface area contributed by atoms with Crippen molar-refractivity contribution in [2.75, 3.05) is 0 Å². The third-order valence-corrected chi connectivity index (χ3v) is 9.39. The molecule has 0 saturated heterocycles. The van der Waals surface area contributed by atoms with Gasteiger partial charge in [0.1, 0.15) is 31.2 Å². The van der Waals surface area contributed by atoms with Gasteiger partial charge in [-0.1, -0.05) is 116 Å². The van der Waals surface area contributed by atoms with Crippen LogP contribution in [0.2, 0.25) is 0 Å². The second-order valence-electron chi connectivity index (χ2n) is 14.7. The maximum Gasteiger partial charge on any atom is 0.419 e. The molecular weight excluding hydrogens is 727 g/mol. The summed E-state index contributed by atoms with van der Waals surface area (Å²) in [6.07, 6.45) is -0.0776. The maximum atomic E-state index is 14.3. The number of aromatic nitrogens is 2. The van der Waals surface area contributed by atoms with E-state index in [1.165, 1.54) is 0 Å². The quantitative estimate of drug-likeness (QED) is 0.113. The number of rotatable bonds is 12. The summed E-state index contributed by atoms with van der Waals surface area (Å²) in [5, 5.41) is 10.2. The van der Waals surface area contributed by atoms with Crippen molar-refractivity contribution < 1.29 is 28.5 Å². The first-order chi connectivity index (χ1) is 28.1. The summed E-state index contributed by atoms with van der Waals surface area (Å²) in [6.45, 7) is 7.83. The van der Waals surface area contributed by atoms with E-state index in [0.717, 1.165) is 33.2 Å². The van der Waals surface area contributed by atoms with Crippen molar-refractivity contribution in [2.45, 2.75) is 59.5 Å². The molecule has 7 rings (SSSR count). The second-order valence-corrected chi connectivity index (χ2v) is 14.7. The number of hydrogen-bond acceptors (Lipinski definition) is 8. The van der Waals surface area contributed by atoms with Gasteiger partial charge in [0.25, 0.3) is 0 Å². The van der Waals surface area contributed by atoms with Gasteiger partial charge >= 0.3 is 12.1 Å². The molecule has 290 valence electrons. The normalized spacial score (nSPS) is 11.2. The number of carbonyl (C=O) groups is 2. The van der Waals surface area contributed by atoms with Crippen molar-refractivity contribution in [1.82, 2.24) is 9.55 Å². The molecule has 9 nitrogen and oxygen atoms in total. The summed E-state index contributed by atoms with van der Waals surface area (Å²) in [5.74, 6) is -0.232. The molecule has 7 aromatic rings. The molecule has 2 aromatic heterocycles. The number of benzene rings is 5. The van der Waals surface area contributed by atoms with Gasteiger partial charge in [-0.3, -0.25) is 0 Å². The van der Waals surface area contributed by atoms with Crippen LogP contribution in [-0.2, 0) is 35.7 Å². The minimum absolute atomic E-state index is 0.0476. The van der Waals surface area contributed by atoms with E-state index < -0.39 is 17.7 Å². The van der Waals surface area contributed by atoms with Gasteiger partial charge in [0.15, 0.2) is 5.56 Å². The van der Waals surface area contributed by atoms with E-state index >= 15 is 0 Å². The van der Waals surface area contributed by atoms with E-state index in [1.54, 1.807) is 16.7 Å². The van der Waals surface area contributed by atoms with Crippen molar-refractivity contribution in [1.29, 1.82) is 5.26 Å². The zero-order valence-electron chi connectivity index (χ0n) is 32.9. The Morgan fingerprint density at radius 2 is 1.28 bits per heavy atom. The predicted molar refractivity (Wildman–Crippen MR) is 223 cm³/mol. The molecule has 0 spiro atoms. The number of fused-ring (bicyclic) bond motifs is 1. The Kier molecular flexibility index (Phi) is 11.7. The van der Waals surface area contributed by atoms with Crippen molar-refractivity contribution >= 4 is 23.0 Å². The number of esters is 1. The van der Waals surface area contributed by atoms with Crippen LogP contribution in [0.3, 0.4) is 0 Å². The first-order valence-corrected chi connectivity index (χ1v) is 19.1. The third kappa shape index (κ3) is 8.93. The molecule has 0 fully saturated rings. The average molecular weight is 770 g/mol. The van der Waals surface area contributed by atoms with E-state index in [0.29, 0.717) is 40.2 Å². The summed E-state index contributed by atoms with van der Waals surface area (Å²) >= 11 is 0. The van der Waals surface area contributed by atoms with Crippen molar-refractivity contribution in [3.8, 4) is 40.2 Å². The zero-order valence-corrected chi connectivity index (χ0v) is 32.9. The van der Waals surface area contributed by atoms with Crippen molar-refractivity contribution in [3.05, 3.63) is 173 Å². The highest BCUT2D eigenvalue weighted by atomic mass is 16.6. The lowest BCUT2D eigenvalue weighted by Crippen LogP contribution is -2.27. The van der Waals surface area contributed by atoms with Gasteiger partial charge in [0.05, 0.1) is 28.5 Å². The van der Waals surface area contributed by atoms with Crippen molar-refractivity contribution in [3.63, 3.8) is 0 Å². The molecule has 5 aromatic carbocycles. The molecule has 0 unspecified atom stereocenters. The fraction of sp³-hybridized carbons (Fsp3) is 0.184. The van der Waals surface area contributed by atoms with Gasteiger partial charge in [-0.25, -0.2) is 19.1 Å². The van der Waals surface area contributed by atoms with Crippen LogP contribution < -0.4 is 9.47 Å². The fourth-order valence-electron chi connectivity index (χ4n) is 6.64. The van der Waals surface area contributed by atoms with Crippen LogP contribution in [0.5, 0.6) is 11.6 Å². The van der Waals surface area contributed by atoms with Crippen LogP contribution in [0.25, 0.3) is 33.4 Å². The minimum Gasteiger partial charge on any atom is -0.487 e. The maximum absolute atomic E-state index is 14.3. The lowest BCUT2D eigenvalue weighted by atomic mass is 9.99. The third-order valence-electron chi connectivity index (χ3n) is 9.39. The molecule has 9 heteroatoms. The number of hydrogen-bond donors (Lipinski definition) is 0. The number of nitrogens with zero attached hydrogens (tertiary/aromatic N) is 3. The Bertz CT molecular complexity index is 2590. The Hall–Kier alpha value is -7.18. The standard InChI is InChI=1S/C49H43N3O6/c1-5-40-44(38-25-26-41-39(27-38)28-42(37-23-21-33(29-50)22-24-37)52(41)48(54)58-49(2,3)4)51-46(56-31-35-17-11-7-12-18-35)43(45(40)55-30-34-15-9-6-10-16-34)47(53)57-32-36-19-13-8-14-20-36/h6-28H,5,30-32H2,1-4H3. The molecule has 0 N–H and O–H groups in total. The van der Waals surface area contributed by atoms with Crippen LogP contribution in [-0.4, -0.2) is 27.2 Å². The molecule has 0 saturated carbocycles. The van der Waals surface area contributed by atoms with Gasteiger partial charge in [-0.05, 0) is 79.8 Å². The van der Waals surface area contributed by atoms with Gasteiger partial charge < -0.3 is 18.9 Å². The number of carbonyl (C=O) groups excluding carboxylic acids is 2. The number of pyridine rings is 1. The SMILES string of the molecule is CCc1c(-c2ccc3c(c2)cc(-c2ccc(C#N)cc2)n3C(=O)OC(C)(C)C)nc(OCc2ccccc2)c(C(=O)OCc2ccccc2)c1OCc1ccccc1. The zero-order chi connectivity index (χ0) is 40.6. The molecular formula is C49H43N3O6. The molecule has 0 bridgehead atoms. The lowest BCUT2D eigenvalue weighted by Gasteiger charge is -2.21. The van der Waals surface area contributed by atoms with Gasteiger partial charge in [-0.2, -0.15) is 5.26 Å². The molecule has 0 aliphatic carbocycles.